The maximum atomic E-state index is 9.07. The van der Waals surface area contributed by atoms with Gasteiger partial charge in [-0.25, -0.2) is 0 Å². The molecule has 0 aromatic rings. The highest BCUT2D eigenvalue weighted by Crippen LogP contribution is 2.15. The molecule has 0 spiro atoms. The molecule has 1 unspecified atom stereocenters. The van der Waals surface area contributed by atoms with Gasteiger partial charge in [0.05, 0.1) is 13.2 Å². The first-order valence-corrected chi connectivity index (χ1v) is 6.30. The highest BCUT2D eigenvalue weighted by atomic mass is 32.2. The molecule has 0 aromatic carbocycles. The monoisotopic (exact) mass is 221 g/mol. The fourth-order valence-electron chi connectivity index (χ4n) is 1.14. The van der Waals surface area contributed by atoms with Crippen molar-refractivity contribution in [1.29, 1.82) is 0 Å². The smallest absolute Gasteiger partial charge is 0.0611 e. The lowest BCUT2D eigenvalue weighted by molar-refractivity contribution is 0.182. The van der Waals surface area contributed by atoms with Gasteiger partial charge in [0.2, 0.25) is 0 Å². The van der Waals surface area contributed by atoms with Crippen LogP contribution < -0.4 is 5.73 Å². The predicted octanol–water partition coefficient (Wildman–Crippen LogP) is 1.25. The SMILES string of the molecule is CCC(N)(CO)CCCSCCOC. The number of rotatable bonds is 9. The fourth-order valence-corrected chi connectivity index (χ4v) is 1.98. The standard InChI is InChI=1S/C10H23NO2S/c1-3-10(11,9-12)5-4-7-14-8-6-13-2/h12H,3-9,11H2,1-2H3. The van der Waals surface area contributed by atoms with Crippen molar-refractivity contribution in [2.75, 3.05) is 31.8 Å². The van der Waals surface area contributed by atoms with Gasteiger partial charge < -0.3 is 15.6 Å². The molecular weight excluding hydrogens is 198 g/mol. The van der Waals surface area contributed by atoms with Crippen molar-refractivity contribution in [2.24, 2.45) is 5.73 Å². The van der Waals surface area contributed by atoms with E-state index in [1.54, 1.807) is 7.11 Å². The minimum Gasteiger partial charge on any atom is -0.394 e. The lowest BCUT2D eigenvalue weighted by atomic mass is 9.93. The van der Waals surface area contributed by atoms with E-state index < -0.39 is 0 Å². The molecule has 0 amide bonds. The van der Waals surface area contributed by atoms with E-state index in [2.05, 4.69) is 0 Å². The number of hydrogen-bond acceptors (Lipinski definition) is 4. The second kappa shape index (κ2) is 8.53. The Hall–Kier alpha value is 0.230. The summed E-state index contributed by atoms with van der Waals surface area (Å²) in [5.41, 5.74) is 5.59. The minimum absolute atomic E-state index is 0.0895. The quantitative estimate of drug-likeness (QED) is 0.575. The summed E-state index contributed by atoms with van der Waals surface area (Å²) in [5, 5.41) is 9.07. The predicted molar refractivity (Wildman–Crippen MR) is 62.7 cm³/mol. The topological polar surface area (TPSA) is 55.5 Å². The van der Waals surface area contributed by atoms with Crippen LogP contribution in [0.25, 0.3) is 0 Å². The third-order valence-electron chi connectivity index (χ3n) is 2.41. The van der Waals surface area contributed by atoms with Gasteiger partial charge in [-0.05, 0) is 25.0 Å². The highest BCUT2D eigenvalue weighted by Gasteiger charge is 2.20. The van der Waals surface area contributed by atoms with Crippen LogP contribution in [0.15, 0.2) is 0 Å². The summed E-state index contributed by atoms with van der Waals surface area (Å²) in [6, 6.07) is 0. The van der Waals surface area contributed by atoms with Gasteiger partial charge >= 0.3 is 0 Å². The Labute approximate surface area is 91.4 Å². The molecule has 0 rings (SSSR count). The van der Waals surface area contributed by atoms with Crippen LogP contribution >= 0.6 is 11.8 Å². The third kappa shape index (κ3) is 6.65. The summed E-state index contributed by atoms with van der Waals surface area (Å²) >= 11 is 1.88. The van der Waals surface area contributed by atoms with Crippen LogP contribution in [-0.4, -0.2) is 42.5 Å². The zero-order valence-corrected chi connectivity index (χ0v) is 10.1. The number of aliphatic hydroxyl groups is 1. The second-order valence-corrected chi connectivity index (χ2v) is 4.81. The van der Waals surface area contributed by atoms with E-state index in [-0.39, 0.29) is 12.1 Å². The van der Waals surface area contributed by atoms with E-state index in [9.17, 15) is 0 Å². The molecule has 1 atom stereocenters. The van der Waals surface area contributed by atoms with Crippen LogP contribution in [-0.2, 0) is 4.74 Å². The summed E-state index contributed by atoms with van der Waals surface area (Å²) in [6.07, 6.45) is 2.81. The van der Waals surface area contributed by atoms with Gasteiger partial charge in [-0.3, -0.25) is 0 Å². The third-order valence-corrected chi connectivity index (χ3v) is 3.45. The first-order valence-electron chi connectivity index (χ1n) is 5.15. The Kier molecular flexibility index (Phi) is 8.67. The van der Waals surface area contributed by atoms with E-state index in [0.29, 0.717) is 0 Å². The molecule has 0 aromatic heterocycles. The number of thioether (sulfide) groups is 1. The van der Waals surface area contributed by atoms with Crippen LogP contribution in [0.4, 0.5) is 0 Å². The summed E-state index contributed by atoms with van der Waals surface area (Å²) in [6.45, 7) is 2.92. The number of ether oxygens (including phenoxy) is 1. The molecular formula is C10H23NO2S. The molecule has 0 aliphatic heterocycles. The Morgan fingerprint density at radius 3 is 2.64 bits per heavy atom. The number of nitrogens with two attached hydrogens (primary N) is 1. The van der Waals surface area contributed by atoms with E-state index in [1.165, 1.54) is 0 Å². The van der Waals surface area contributed by atoms with Gasteiger partial charge in [-0.1, -0.05) is 6.92 Å². The molecule has 0 fully saturated rings. The molecule has 86 valence electrons. The number of hydrogen-bond donors (Lipinski definition) is 2. The van der Waals surface area contributed by atoms with Crippen LogP contribution in [0.3, 0.4) is 0 Å². The normalized spacial score (nSPS) is 15.4. The average Bonchev–Trinajstić information content (AvgIpc) is 2.23. The van der Waals surface area contributed by atoms with Gasteiger partial charge in [-0.2, -0.15) is 11.8 Å². The highest BCUT2D eigenvalue weighted by molar-refractivity contribution is 7.99. The lowest BCUT2D eigenvalue weighted by Crippen LogP contribution is -2.42. The zero-order valence-electron chi connectivity index (χ0n) is 9.29. The van der Waals surface area contributed by atoms with Gasteiger partial charge in [0.1, 0.15) is 0 Å². The molecule has 0 radical (unpaired) electrons. The van der Waals surface area contributed by atoms with Crippen LogP contribution in [0, 0.1) is 0 Å². The van der Waals surface area contributed by atoms with Gasteiger partial charge in [0.25, 0.3) is 0 Å². The van der Waals surface area contributed by atoms with Crippen LogP contribution in [0.5, 0.6) is 0 Å². The van der Waals surface area contributed by atoms with Gasteiger partial charge in [0.15, 0.2) is 0 Å². The van der Waals surface area contributed by atoms with Crippen molar-refractivity contribution >= 4 is 11.8 Å². The molecule has 3 nitrogen and oxygen atoms in total. The molecule has 0 saturated heterocycles. The van der Waals surface area contributed by atoms with Gasteiger partial charge in [0, 0.05) is 18.4 Å². The first kappa shape index (κ1) is 14.2. The molecule has 0 bridgehead atoms. The molecule has 4 heteroatoms. The molecule has 0 aliphatic rings. The van der Waals surface area contributed by atoms with E-state index in [0.717, 1.165) is 37.4 Å². The summed E-state index contributed by atoms with van der Waals surface area (Å²) in [5.74, 6) is 2.14. The van der Waals surface area contributed by atoms with E-state index in [1.807, 2.05) is 18.7 Å². The minimum atomic E-state index is -0.359. The Morgan fingerprint density at radius 2 is 2.14 bits per heavy atom. The Balaban J connectivity index is 3.34. The molecule has 14 heavy (non-hydrogen) atoms. The van der Waals surface area contributed by atoms with Crippen molar-refractivity contribution in [3.05, 3.63) is 0 Å². The maximum absolute atomic E-state index is 9.07. The van der Waals surface area contributed by atoms with Crippen molar-refractivity contribution < 1.29 is 9.84 Å². The maximum Gasteiger partial charge on any atom is 0.0611 e. The molecule has 0 aliphatic carbocycles. The fraction of sp³-hybridized carbons (Fsp3) is 1.00. The Bertz CT molecular complexity index is 129. The van der Waals surface area contributed by atoms with E-state index in [4.69, 9.17) is 15.6 Å². The Morgan fingerprint density at radius 1 is 1.43 bits per heavy atom. The molecule has 0 heterocycles. The van der Waals surface area contributed by atoms with Crippen LogP contribution in [0.2, 0.25) is 0 Å². The lowest BCUT2D eigenvalue weighted by Gasteiger charge is -2.25. The number of aliphatic hydroxyl groups excluding tert-OH is 1. The van der Waals surface area contributed by atoms with Crippen molar-refractivity contribution in [2.45, 2.75) is 31.7 Å². The summed E-state index contributed by atoms with van der Waals surface area (Å²) in [7, 11) is 1.72. The largest absolute Gasteiger partial charge is 0.394 e. The van der Waals surface area contributed by atoms with Crippen molar-refractivity contribution in [1.82, 2.24) is 0 Å². The van der Waals surface area contributed by atoms with Crippen LogP contribution in [0.1, 0.15) is 26.2 Å². The van der Waals surface area contributed by atoms with Gasteiger partial charge in [-0.15, -0.1) is 0 Å². The number of methoxy groups -OCH3 is 1. The second-order valence-electron chi connectivity index (χ2n) is 3.58. The molecule has 3 N–H and O–H groups in total. The summed E-state index contributed by atoms with van der Waals surface area (Å²) < 4.78 is 4.95. The van der Waals surface area contributed by atoms with Crippen molar-refractivity contribution in [3.8, 4) is 0 Å². The molecule has 0 saturated carbocycles. The van der Waals surface area contributed by atoms with Crippen molar-refractivity contribution in [3.63, 3.8) is 0 Å². The average molecular weight is 221 g/mol. The van der Waals surface area contributed by atoms with E-state index >= 15 is 0 Å². The first-order chi connectivity index (χ1) is 6.68. The summed E-state index contributed by atoms with van der Waals surface area (Å²) in [4.78, 5) is 0. The zero-order chi connectivity index (χ0) is 10.9.